The van der Waals surface area contributed by atoms with Crippen molar-refractivity contribution in [3.63, 3.8) is 0 Å². The van der Waals surface area contributed by atoms with E-state index in [4.69, 9.17) is 4.74 Å². The second-order valence-corrected chi connectivity index (χ2v) is 5.27. The molecule has 0 atom stereocenters. The Morgan fingerprint density at radius 1 is 1.38 bits per heavy atom. The Labute approximate surface area is 126 Å². The summed E-state index contributed by atoms with van der Waals surface area (Å²) in [6, 6.07) is 9.60. The van der Waals surface area contributed by atoms with Crippen LogP contribution in [0.3, 0.4) is 0 Å². The van der Waals surface area contributed by atoms with Crippen molar-refractivity contribution < 1.29 is 9.53 Å². The van der Waals surface area contributed by atoms with Gasteiger partial charge in [-0.15, -0.1) is 0 Å². The first-order valence-electron chi connectivity index (χ1n) is 7.36. The number of amides is 2. The summed E-state index contributed by atoms with van der Waals surface area (Å²) in [4.78, 5) is 13.4. The minimum absolute atomic E-state index is 0.118. The maximum absolute atomic E-state index is 11.8. The molecule has 0 heterocycles. The first kappa shape index (κ1) is 15.4. The van der Waals surface area contributed by atoms with Crippen LogP contribution in [0.1, 0.15) is 18.4 Å². The number of urea groups is 1. The van der Waals surface area contributed by atoms with Crippen molar-refractivity contribution in [2.24, 2.45) is 5.92 Å². The SMILES string of the molecule is CN(CCOCC1CC1)C(=O)NCC#Cc1ccccc1. The lowest BCUT2D eigenvalue weighted by Crippen LogP contribution is -2.39. The molecule has 0 unspecified atom stereocenters. The van der Waals surface area contributed by atoms with Gasteiger partial charge in [-0.25, -0.2) is 4.79 Å². The number of benzene rings is 1. The second kappa shape index (κ2) is 8.33. The number of hydrogen-bond donors (Lipinski definition) is 1. The van der Waals surface area contributed by atoms with Gasteiger partial charge in [0.25, 0.3) is 0 Å². The lowest BCUT2D eigenvalue weighted by molar-refractivity contribution is 0.108. The third-order valence-corrected chi connectivity index (χ3v) is 3.30. The highest BCUT2D eigenvalue weighted by molar-refractivity contribution is 5.74. The van der Waals surface area contributed by atoms with Crippen LogP contribution in [0.2, 0.25) is 0 Å². The van der Waals surface area contributed by atoms with Gasteiger partial charge in [-0.05, 0) is 30.9 Å². The maximum Gasteiger partial charge on any atom is 0.317 e. The summed E-state index contributed by atoms with van der Waals surface area (Å²) >= 11 is 0. The molecule has 0 radical (unpaired) electrons. The van der Waals surface area contributed by atoms with Gasteiger partial charge < -0.3 is 15.0 Å². The van der Waals surface area contributed by atoms with Gasteiger partial charge >= 0.3 is 6.03 Å². The topological polar surface area (TPSA) is 41.6 Å². The fraction of sp³-hybridized carbons (Fsp3) is 0.471. The quantitative estimate of drug-likeness (QED) is 0.643. The summed E-state index contributed by atoms with van der Waals surface area (Å²) in [6.07, 6.45) is 2.58. The van der Waals surface area contributed by atoms with Crippen LogP contribution in [-0.4, -0.2) is 44.3 Å². The summed E-state index contributed by atoms with van der Waals surface area (Å²) in [6.45, 7) is 2.37. The fourth-order valence-corrected chi connectivity index (χ4v) is 1.76. The van der Waals surface area contributed by atoms with E-state index in [0.29, 0.717) is 19.7 Å². The van der Waals surface area contributed by atoms with Crippen LogP contribution in [-0.2, 0) is 4.74 Å². The van der Waals surface area contributed by atoms with Gasteiger partial charge in [-0.3, -0.25) is 0 Å². The van der Waals surface area contributed by atoms with Crippen molar-refractivity contribution in [3.05, 3.63) is 35.9 Å². The number of rotatable bonds is 6. The van der Waals surface area contributed by atoms with Crippen LogP contribution in [0.25, 0.3) is 0 Å². The third-order valence-electron chi connectivity index (χ3n) is 3.30. The number of carbonyl (C=O) groups excluding carboxylic acids is 1. The highest BCUT2D eigenvalue weighted by atomic mass is 16.5. The molecular formula is C17H22N2O2. The molecule has 1 N–H and O–H groups in total. The molecule has 2 rings (SSSR count). The molecule has 0 bridgehead atoms. The van der Waals surface area contributed by atoms with Gasteiger partial charge in [0.15, 0.2) is 0 Å². The zero-order valence-corrected chi connectivity index (χ0v) is 12.5. The number of nitrogens with one attached hydrogen (secondary N) is 1. The normalized spacial score (nSPS) is 13.2. The van der Waals surface area contributed by atoms with E-state index in [0.717, 1.165) is 18.1 Å². The Morgan fingerprint density at radius 2 is 2.14 bits per heavy atom. The zero-order chi connectivity index (χ0) is 14.9. The molecule has 21 heavy (non-hydrogen) atoms. The van der Waals surface area contributed by atoms with Crippen LogP contribution >= 0.6 is 0 Å². The van der Waals surface area contributed by atoms with Crippen molar-refractivity contribution in [1.29, 1.82) is 0 Å². The molecule has 1 saturated carbocycles. The van der Waals surface area contributed by atoms with E-state index in [1.54, 1.807) is 11.9 Å². The van der Waals surface area contributed by atoms with E-state index < -0.39 is 0 Å². The van der Waals surface area contributed by atoms with Crippen LogP contribution in [0.4, 0.5) is 4.79 Å². The molecule has 112 valence electrons. The van der Waals surface area contributed by atoms with Gasteiger partial charge in [0, 0.05) is 25.8 Å². The minimum Gasteiger partial charge on any atom is -0.379 e. The summed E-state index contributed by atoms with van der Waals surface area (Å²) in [5.74, 6) is 6.70. The van der Waals surface area contributed by atoms with Crippen LogP contribution < -0.4 is 5.32 Å². The molecule has 0 aliphatic heterocycles. The van der Waals surface area contributed by atoms with Gasteiger partial charge in [-0.1, -0.05) is 30.0 Å². The molecule has 1 aliphatic rings. The van der Waals surface area contributed by atoms with E-state index in [1.165, 1.54) is 12.8 Å². The number of ether oxygens (including phenoxy) is 1. The molecule has 1 fully saturated rings. The molecule has 1 aromatic carbocycles. The predicted molar refractivity (Wildman–Crippen MR) is 82.9 cm³/mol. The average molecular weight is 286 g/mol. The van der Waals surface area contributed by atoms with E-state index >= 15 is 0 Å². The van der Waals surface area contributed by atoms with Crippen molar-refractivity contribution in [3.8, 4) is 11.8 Å². The van der Waals surface area contributed by atoms with Gasteiger partial charge in [0.05, 0.1) is 13.2 Å². The highest BCUT2D eigenvalue weighted by Gasteiger charge is 2.21. The number of likely N-dealkylation sites (N-methyl/N-ethyl adjacent to an activating group) is 1. The minimum atomic E-state index is -0.118. The maximum atomic E-state index is 11.8. The van der Waals surface area contributed by atoms with Crippen molar-refractivity contribution in [1.82, 2.24) is 10.2 Å². The molecule has 4 nitrogen and oxygen atoms in total. The number of hydrogen-bond acceptors (Lipinski definition) is 2. The number of carbonyl (C=O) groups is 1. The van der Waals surface area contributed by atoms with Crippen LogP contribution in [0.5, 0.6) is 0 Å². The third kappa shape index (κ3) is 6.33. The Hall–Kier alpha value is -1.99. The Bertz CT molecular complexity index is 501. The van der Waals surface area contributed by atoms with E-state index in [1.807, 2.05) is 30.3 Å². The van der Waals surface area contributed by atoms with Gasteiger partial charge in [-0.2, -0.15) is 0 Å². The van der Waals surface area contributed by atoms with Crippen molar-refractivity contribution in [2.75, 3.05) is 33.4 Å². The Balaban J connectivity index is 1.58. The van der Waals surface area contributed by atoms with Crippen LogP contribution in [0, 0.1) is 17.8 Å². The van der Waals surface area contributed by atoms with Crippen molar-refractivity contribution in [2.45, 2.75) is 12.8 Å². The van der Waals surface area contributed by atoms with E-state index in [-0.39, 0.29) is 6.03 Å². The molecule has 4 heteroatoms. The highest BCUT2D eigenvalue weighted by Crippen LogP contribution is 2.28. The molecule has 0 saturated heterocycles. The molecule has 1 aromatic rings. The first-order valence-corrected chi connectivity index (χ1v) is 7.36. The smallest absolute Gasteiger partial charge is 0.317 e. The molecule has 0 spiro atoms. The molecule has 1 aliphatic carbocycles. The summed E-state index contributed by atoms with van der Waals surface area (Å²) < 4.78 is 5.51. The lowest BCUT2D eigenvalue weighted by Gasteiger charge is -2.16. The summed E-state index contributed by atoms with van der Waals surface area (Å²) in [5, 5.41) is 2.77. The fourth-order valence-electron chi connectivity index (χ4n) is 1.76. The summed E-state index contributed by atoms with van der Waals surface area (Å²) in [7, 11) is 1.76. The lowest BCUT2D eigenvalue weighted by atomic mass is 10.2. The second-order valence-electron chi connectivity index (χ2n) is 5.27. The molecule has 2 amide bonds. The zero-order valence-electron chi connectivity index (χ0n) is 12.5. The Kier molecular flexibility index (Phi) is 6.11. The van der Waals surface area contributed by atoms with E-state index in [9.17, 15) is 4.79 Å². The largest absolute Gasteiger partial charge is 0.379 e. The van der Waals surface area contributed by atoms with Gasteiger partial charge in [0.1, 0.15) is 0 Å². The Morgan fingerprint density at radius 3 is 2.86 bits per heavy atom. The predicted octanol–water partition coefficient (Wildman–Crippen LogP) is 2.11. The van der Waals surface area contributed by atoms with Crippen molar-refractivity contribution >= 4 is 6.03 Å². The standard InChI is InChI=1S/C17H22N2O2/c1-19(12-13-21-14-16-9-10-16)17(20)18-11-5-8-15-6-3-2-4-7-15/h2-4,6-7,16H,9-14H2,1H3,(H,18,20). The van der Waals surface area contributed by atoms with Crippen LogP contribution in [0.15, 0.2) is 30.3 Å². The molecular weight excluding hydrogens is 264 g/mol. The number of nitrogens with zero attached hydrogens (tertiary/aromatic N) is 1. The molecule has 0 aromatic heterocycles. The summed E-state index contributed by atoms with van der Waals surface area (Å²) in [5.41, 5.74) is 0.952. The monoisotopic (exact) mass is 286 g/mol. The van der Waals surface area contributed by atoms with Gasteiger partial charge in [0.2, 0.25) is 0 Å². The van der Waals surface area contributed by atoms with E-state index in [2.05, 4.69) is 17.2 Å². The first-order chi connectivity index (χ1) is 10.3. The average Bonchev–Trinajstić information content (AvgIpc) is 3.33.